The Labute approximate surface area is 122 Å². The van der Waals surface area contributed by atoms with Gasteiger partial charge in [-0.1, -0.05) is 6.07 Å². The van der Waals surface area contributed by atoms with Crippen molar-refractivity contribution in [2.45, 2.75) is 6.18 Å². The van der Waals surface area contributed by atoms with Crippen LogP contribution in [0.5, 0.6) is 5.75 Å². The number of halogens is 3. The number of fused-ring (bicyclic) bond motifs is 1. The molecule has 3 aromatic rings. The number of para-hydroxylation sites is 1. The highest BCUT2D eigenvalue weighted by Crippen LogP contribution is 2.30. The van der Waals surface area contributed by atoms with E-state index in [-0.39, 0.29) is 0 Å². The number of alkyl halides is 3. The summed E-state index contributed by atoms with van der Waals surface area (Å²) in [5.41, 5.74) is 0.142. The van der Waals surface area contributed by atoms with Gasteiger partial charge in [0.15, 0.2) is 0 Å². The maximum Gasteiger partial charge on any atom is 0.416 e. The molecule has 4 nitrogen and oxygen atoms in total. The third-order valence-electron chi connectivity index (χ3n) is 3.34. The number of benzene rings is 2. The first-order valence-electron chi connectivity index (χ1n) is 6.37. The summed E-state index contributed by atoms with van der Waals surface area (Å²) < 4.78 is 44.4. The van der Waals surface area contributed by atoms with Gasteiger partial charge in [-0.25, -0.2) is 4.79 Å². The first-order chi connectivity index (χ1) is 10.4. The fraction of sp³-hybridized carbons (Fsp3) is 0.133. The number of hydrogen-bond acceptors (Lipinski definition) is 2. The van der Waals surface area contributed by atoms with E-state index in [1.807, 2.05) is 0 Å². The molecule has 114 valence electrons. The number of rotatable bonds is 2. The van der Waals surface area contributed by atoms with Crippen molar-refractivity contribution in [1.29, 1.82) is 0 Å². The summed E-state index contributed by atoms with van der Waals surface area (Å²) in [4.78, 5) is 14.8. The van der Waals surface area contributed by atoms with Crippen LogP contribution in [-0.4, -0.2) is 16.7 Å². The summed E-state index contributed by atoms with van der Waals surface area (Å²) in [5.74, 6) is 0.454. The van der Waals surface area contributed by atoms with Crippen molar-refractivity contribution in [2.75, 3.05) is 7.11 Å². The van der Waals surface area contributed by atoms with Crippen LogP contribution < -0.4 is 10.4 Å². The normalized spacial score (nSPS) is 11.8. The molecule has 0 atom stereocenters. The van der Waals surface area contributed by atoms with Crippen LogP contribution in [0.1, 0.15) is 5.56 Å². The summed E-state index contributed by atoms with van der Waals surface area (Å²) >= 11 is 0. The molecular formula is C15H11F3N2O2. The van der Waals surface area contributed by atoms with Crippen molar-refractivity contribution >= 4 is 11.0 Å². The van der Waals surface area contributed by atoms with Gasteiger partial charge in [0, 0.05) is 0 Å². The molecule has 0 unspecified atom stereocenters. The molecule has 0 spiro atoms. The van der Waals surface area contributed by atoms with Crippen molar-refractivity contribution < 1.29 is 17.9 Å². The number of aromatic amines is 1. The van der Waals surface area contributed by atoms with Gasteiger partial charge in [0.05, 0.1) is 23.9 Å². The SMILES string of the molecule is COc1cccc2[nH]c(=O)n(-c3ccc(C(F)(F)F)cc3)c12. The molecule has 0 radical (unpaired) electrons. The van der Waals surface area contributed by atoms with Crippen molar-refractivity contribution in [3.63, 3.8) is 0 Å². The van der Waals surface area contributed by atoms with Crippen LogP contribution >= 0.6 is 0 Å². The lowest BCUT2D eigenvalue weighted by Gasteiger charge is -2.09. The van der Waals surface area contributed by atoms with E-state index in [2.05, 4.69) is 4.98 Å². The fourth-order valence-corrected chi connectivity index (χ4v) is 2.34. The molecule has 7 heteroatoms. The maximum absolute atomic E-state index is 12.6. The van der Waals surface area contributed by atoms with Gasteiger partial charge in [0.2, 0.25) is 0 Å². The minimum absolute atomic E-state index is 0.328. The van der Waals surface area contributed by atoms with E-state index < -0.39 is 17.4 Å². The Morgan fingerprint density at radius 2 is 1.77 bits per heavy atom. The van der Waals surface area contributed by atoms with Gasteiger partial charge < -0.3 is 9.72 Å². The summed E-state index contributed by atoms with van der Waals surface area (Å²) in [6, 6.07) is 9.48. The fourth-order valence-electron chi connectivity index (χ4n) is 2.34. The Morgan fingerprint density at radius 3 is 2.36 bits per heavy atom. The molecule has 2 aromatic carbocycles. The van der Waals surface area contributed by atoms with E-state index in [4.69, 9.17) is 4.74 Å². The van der Waals surface area contributed by atoms with Gasteiger partial charge in [0.1, 0.15) is 11.3 Å². The number of aromatic nitrogens is 2. The first-order valence-corrected chi connectivity index (χ1v) is 6.37. The van der Waals surface area contributed by atoms with Gasteiger partial charge in [-0.05, 0) is 36.4 Å². The van der Waals surface area contributed by atoms with Crippen molar-refractivity contribution in [1.82, 2.24) is 9.55 Å². The standard InChI is InChI=1S/C15H11F3N2O2/c1-22-12-4-2-3-11-13(12)20(14(21)19-11)10-7-5-9(6-8-10)15(16,17)18/h2-8H,1H3,(H,19,21). The topological polar surface area (TPSA) is 47.0 Å². The summed E-state index contributed by atoms with van der Waals surface area (Å²) in [6.45, 7) is 0. The molecule has 1 aromatic heterocycles. The van der Waals surface area contributed by atoms with Gasteiger partial charge in [-0.3, -0.25) is 4.57 Å². The number of imidazole rings is 1. The average Bonchev–Trinajstić information content (AvgIpc) is 2.82. The molecule has 0 bridgehead atoms. The molecule has 0 fully saturated rings. The van der Waals surface area contributed by atoms with E-state index in [0.717, 1.165) is 12.1 Å². The minimum atomic E-state index is -4.42. The number of nitrogens with zero attached hydrogens (tertiary/aromatic N) is 1. The molecule has 1 N–H and O–H groups in total. The third-order valence-corrected chi connectivity index (χ3v) is 3.34. The minimum Gasteiger partial charge on any atom is -0.494 e. The molecule has 3 rings (SSSR count). The summed E-state index contributed by atoms with van der Waals surface area (Å²) in [5, 5.41) is 0. The number of hydrogen-bond donors (Lipinski definition) is 1. The number of nitrogens with one attached hydrogen (secondary N) is 1. The van der Waals surface area contributed by atoms with Crippen molar-refractivity contribution in [3.05, 3.63) is 58.5 Å². The Morgan fingerprint density at radius 1 is 1.09 bits per heavy atom. The molecular weight excluding hydrogens is 297 g/mol. The highest BCUT2D eigenvalue weighted by Gasteiger charge is 2.30. The zero-order valence-electron chi connectivity index (χ0n) is 11.4. The lowest BCUT2D eigenvalue weighted by molar-refractivity contribution is -0.137. The zero-order chi connectivity index (χ0) is 15.9. The van der Waals surface area contributed by atoms with Crippen LogP contribution in [-0.2, 0) is 6.18 Å². The molecule has 22 heavy (non-hydrogen) atoms. The van der Waals surface area contributed by atoms with Crippen LogP contribution in [0.25, 0.3) is 16.7 Å². The molecule has 0 amide bonds. The predicted molar refractivity (Wildman–Crippen MR) is 75.4 cm³/mol. The van der Waals surface area contributed by atoms with E-state index >= 15 is 0 Å². The van der Waals surface area contributed by atoms with Crippen LogP contribution in [0.15, 0.2) is 47.3 Å². The van der Waals surface area contributed by atoms with Gasteiger partial charge in [-0.15, -0.1) is 0 Å². The molecule has 0 saturated carbocycles. The van der Waals surface area contributed by atoms with Gasteiger partial charge >= 0.3 is 11.9 Å². The maximum atomic E-state index is 12.6. The number of H-pyrrole nitrogens is 1. The van der Waals surface area contributed by atoms with Crippen LogP contribution in [0.3, 0.4) is 0 Å². The lowest BCUT2D eigenvalue weighted by atomic mass is 10.2. The second-order valence-corrected chi connectivity index (χ2v) is 4.67. The Bertz CT molecular complexity index is 876. The van der Waals surface area contributed by atoms with Crippen LogP contribution in [0.2, 0.25) is 0 Å². The molecule has 0 saturated heterocycles. The van der Waals surface area contributed by atoms with Crippen LogP contribution in [0.4, 0.5) is 13.2 Å². The Balaban J connectivity index is 2.22. The van der Waals surface area contributed by atoms with E-state index in [0.29, 0.717) is 22.5 Å². The van der Waals surface area contributed by atoms with E-state index in [1.165, 1.54) is 23.8 Å². The Kier molecular flexibility index (Phi) is 3.20. The van der Waals surface area contributed by atoms with E-state index in [9.17, 15) is 18.0 Å². The van der Waals surface area contributed by atoms with Crippen molar-refractivity contribution in [3.8, 4) is 11.4 Å². The largest absolute Gasteiger partial charge is 0.494 e. The second kappa shape index (κ2) is 4.94. The zero-order valence-corrected chi connectivity index (χ0v) is 11.4. The summed E-state index contributed by atoms with van der Waals surface area (Å²) in [6.07, 6.45) is -4.42. The smallest absolute Gasteiger partial charge is 0.416 e. The molecule has 0 aliphatic carbocycles. The third kappa shape index (κ3) is 2.24. The monoisotopic (exact) mass is 308 g/mol. The quantitative estimate of drug-likeness (QED) is 0.789. The number of ether oxygens (including phenoxy) is 1. The van der Waals surface area contributed by atoms with Crippen molar-refractivity contribution in [2.24, 2.45) is 0 Å². The molecule has 1 heterocycles. The highest BCUT2D eigenvalue weighted by molar-refractivity contribution is 5.83. The second-order valence-electron chi connectivity index (χ2n) is 4.67. The molecule has 0 aliphatic rings. The lowest BCUT2D eigenvalue weighted by Crippen LogP contribution is -2.15. The summed E-state index contributed by atoms with van der Waals surface area (Å²) in [7, 11) is 1.46. The first kappa shape index (κ1) is 14.2. The van der Waals surface area contributed by atoms with E-state index in [1.54, 1.807) is 18.2 Å². The highest BCUT2D eigenvalue weighted by atomic mass is 19.4. The van der Waals surface area contributed by atoms with Gasteiger partial charge in [0.25, 0.3) is 0 Å². The Hall–Kier alpha value is -2.70. The number of methoxy groups -OCH3 is 1. The predicted octanol–water partition coefficient (Wildman–Crippen LogP) is 3.35. The molecule has 0 aliphatic heterocycles. The average molecular weight is 308 g/mol. The van der Waals surface area contributed by atoms with Crippen LogP contribution in [0, 0.1) is 0 Å². The van der Waals surface area contributed by atoms with Gasteiger partial charge in [-0.2, -0.15) is 13.2 Å².